The van der Waals surface area contributed by atoms with E-state index in [1.807, 2.05) is 12.1 Å². The molecule has 1 fully saturated rings. The highest BCUT2D eigenvalue weighted by molar-refractivity contribution is 5.30. The monoisotopic (exact) mass is 191 g/mol. The summed E-state index contributed by atoms with van der Waals surface area (Å²) in [5.41, 5.74) is 1.23. The first-order chi connectivity index (χ1) is 6.90. The molecule has 3 heteroatoms. The maximum Gasteiger partial charge on any atom is 0.119 e. The van der Waals surface area contributed by atoms with Crippen molar-refractivity contribution in [2.75, 3.05) is 26.7 Å². The average Bonchev–Trinajstić information content (AvgIpc) is 2.30. The summed E-state index contributed by atoms with van der Waals surface area (Å²) in [6, 6.07) is 8.42. The van der Waals surface area contributed by atoms with Gasteiger partial charge in [0, 0.05) is 19.6 Å². The van der Waals surface area contributed by atoms with E-state index in [9.17, 15) is 0 Å². The van der Waals surface area contributed by atoms with E-state index in [2.05, 4.69) is 22.8 Å². The highest BCUT2D eigenvalue weighted by atomic mass is 16.5. The minimum atomic E-state index is 0.291. The molecule has 0 aliphatic carbocycles. The molecule has 1 atom stereocenters. The smallest absolute Gasteiger partial charge is 0.119 e. The SMILES string of the molecule is COc1cccc(C2CNCC[N]2)c1. The number of rotatable bonds is 2. The lowest BCUT2D eigenvalue weighted by molar-refractivity contribution is 0.404. The Hall–Kier alpha value is -1.06. The number of benzene rings is 1. The maximum atomic E-state index is 5.18. The fraction of sp³-hybridized carbons (Fsp3) is 0.455. The first-order valence-electron chi connectivity index (χ1n) is 4.91. The minimum Gasteiger partial charge on any atom is -0.497 e. The Bertz CT molecular complexity index is 295. The van der Waals surface area contributed by atoms with Crippen LogP contribution in [0.25, 0.3) is 0 Å². The van der Waals surface area contributed by atoms with Gasteiger partial charge in [-0.25, -0.2) is 5.32 Å². The minimum absolute atomic E-state index is 0.291. The van der Waals surface area contributed by atoms with Crippen LogP contribution in [0.4, 0.5) is 0 Å². The Balaban J connectivity index is 2.13. The zero-order valence-electron chi connectivity index (χ0n) is 8.36. The number of methoxy groups -OCH3 is 1. The van der Waals surface area contributed by atoms with Crippen molar-refractivity contribution in [1.82, 2.24) is 10.6 Å². The molecule has 75 valence electrons. The van der Waals surface area contributed by atoms with E-state index in [0.29, 0.717) is 6.04 Å². The van der Waals surface area contributed by atoms with Crippen molar-refractivity contribution in [2.45, 2.75) is 6.04 Å². The summed E-state index contributed by atoms with van der Waals surface area (Å²) in [5.74, 6) is 0.906. The van der Waals surface area contributed by atoms with Gasteiger partial charge in [-0.05, 0) is 17.7 Å². The van der Waals surface area contributed by atoms with Crippen molar-refractivity contribution in [1.29, 1.82) is 0 Å². The highest BCUT2D eigenvalue weighted by Crippen LogP contribution is 2.20. The van der Waals surface area contributed by atoms with Crippen molar-refractivity contribution in [3.63, 3.8) is 0 Å². The number of piperazine rings is 1. The molecule has 1 aromatic carbocycles. The lowest BCUT2D eigenvalue weighted by atomic mass is 10.1. The third kappa shape index (κ3) is 2.05. The number of hydrogen-bond acceptors (Lipinski definition) is 2. The van der Waals surface area contributed by atoms with E-state index in [4.69, 9.17) is 4.74 Å². The van der Waals surface area contributed by atoms with Gasteiger partial charge in [0.1, 0.15) is 5.75 Å². The molecule has 1 aromatic rings. The number of nitrogens with one attached hydrogen (secondary N) is 1. The zero-order valence-corrected chi connectivity index (χ0v) is 8.36. The van der Waals surface area contributed by atoms with E-state index < -0.39 is 0 Å². The van der Waals surface area contributed by atoms with Gasteiger partial charge in [-0.1, -0.05) is 12.1 Å². The van der Waals surface area contributed by atoms with Gasteiger partial charge in [-0.3, -0.25) is 0 Å². The van der Waals surface area contributed by atoms with Gasteiger partial charge in [0.15, 0.2) is 0 Å². The van der Waals surface area contributed by atoms with Gasteiger partial charge >= 0.3 is 0 Å². The van der Waals surface area contributed by atoms with Crippen LogP contribution in [-0.4, -0.2) is 26.7 Å². The molecule has 14 heavy (non-hydrogen) atoms. The number of ether oxygens (including phenoxy) is 1. The second-order valence-electron chi connectivity index (χ2n) is 3.40. The fourth-order valence-electron chi connectivity index (χ4n) is 1.67. The summed E-state index contributed by atoms with van der Waals surface area (Å²) >= 11 is 0. The van der Waals surface area contributed by atoms with Gasteiger partial charge in [0.2, 0.25) is 0 Å². The molecule has 3 nitrogen and oxygen atoms in total. The van der Waals surface area contributed by atoms with Crippen molar-refractivity contribution in [2.24, 2.45) is 0 Å². The number of nitrogens with zero attached hydrogens (tertiary/aromatic N) is 1. The first-order valence-corrected chi connectivity index (χ1v) is 4.91. The van der Waals surface area contributed by atoms with Crippen LogP contribution in [0.2, 0.25) is 0 Å². The lowest BCUT2D eigenvalue weighted by Crippen LogP contribution is -2.38. The summed E-state index contributed by atoms with van der Waals surface area (Å²) in [6.45, 7) is 2.84. The van der Waals surface area contributed by atoms with Crippen molar-refractivity contribution < 1.29 is 4.74 Å². The van der Waals surface area contributed by atoms with Crippen LogP contribution in [0, 0.1) is 0 Å². The summed E-state index contributed by atoms with van der Waals surface area (Å²) in [5, 5.41) is 7.89. The maximum absolute atomic E-state index is 5.18. The second kappa shape index (κ2) is 4.44. The highest BCUT2D eigenvalue weighted by Gasteiger charge is 2.15. The molecule has 0 aromatic heterocycles. The zero-order chi connectivity index (χ0) is 9.80. The van der Waals surface area contributed by atoms with Crippen molar-refractivity contribution >= 4 is 0 Å². The van der Waals surface area contributed by atoms with Crippen molar-refractivity contribution in [3.05, 3.63) is 29.8 Å². The number of hydrogen-bond donors (Lipinski definition) is 1. The fourth-order valence-corrected chi connectivity index (χ4v) is 1.67. The molecule has 2 rings (SSSR count). The molecule has 1 unspecified atom stereocenters. The van der Waals surface area contributed by atoms with Crippen LogP contribution in [-0.2, 0) is 0 Å². The van der Waals surface area contributed by atoms with Gasteiger partial charge < -0.3 is 10.1 Å². The molecular weight excluding hydrogens is 176 g/mol. The normalized spacial score (nSPS) is 21.9. The van der Waals surface area contributed by atoms with E-state index >= 15 is 0 Å². The molecule has 0 saturated carbocycles. The van der Waals surface area contributed by atoms with E-state index in [0.717, 1.165) is 25.4 Å². The van der Waals surface area contributed by atoms with Gasteiger partial charge in [0.25, 0.3) is 0 Å². The van der Waals surface area contributed by atoms with Crippen LogP contribution in [0.1, 0.15) is 11.6 Å². The van der Waals surface area contributed by atoms with Crippen LogP contribution in [0.15, 0.2) is 24.3 Å². The molecule has 1 aliphatic heterocycles. The molecule has 1 heterocycles. The van der Waals surface area contributed by atoms with Gasteiger partial charge in [0.05, 0.1) is 13.2 Å². The van der Waals surface area contributed by atoms with Crippen molar-refractivity contribution in [3.8, 4) is 5.75 Å². The predicted molar refractivity (Wildman–Crippen MR) is 55.6 cm³/mol. The molecule has 0 bridgehead atoms. The molecule has 0 amide bonds. The Morgan fingerprint density at radius 2 is 2.43 bits per heavy atom. The lowest BCUT2D eigenvalue weighted by Gasteiger charge is -2.23. The molecular formula is C11H15N2O. The Morgan fingerprint density at radius 1 is 1.50 bits per heavy atom. The Labute approximate surface area is 84.5 Å². The molecule has 1 aliphatic rings. The Morgan fingerprint density at radius 3 is 3.14 bits per heavy atom. The third-order valence-electron chi connectivity index (χ3n) is 2.45. The molecule has 1 radical (unpaired) electrons. The standard InChI is InChI=1S/C11H15N2O/c1-14-10-4-2-3-9(7-10)11-8-12-5-6-13-11/h2-4,7,11-12H,5-6,8H2,1H3. The summed E-state index contributed by atoms with van der Waals surface area (Å²) in [4.78, 5) is 0. The van der Waals surface area contributed by atoms with Crippen LogP contribution >= 0.6 is 0 Å². The summed E-state index contributed by atoms with van der Waals surface area (Å²) in [6.07, 6.45) is 0. The average molecular weight is 191 g/mol. The largest absolute Gasteiger partial charge is 0.497 e. The summed E-state index contributed by atoms with van der Waals surface area (Å²) < 4.78 is 5.18. The Kier molecular flexibility index (Phi) is 3.01. The van der Waals surface area contributed by atoms with Crippen LogP contribution in [0.3, 0.4) is 0 Å². The van der Waals surface area contributed by atoms with E-state index in [1.54, 1.807) is 7.11 Å². The topological polar surface area (TPSA) is 35.4 Å². The van der Waals surface area contributed by atoms with E-state index in [1.165, 1.54) is 5.56 Å². The molecule has 1 saturated heterocycles. The van der Waals surface area contributed by atoms with Crippen LogP contribution in [0.5, 0.6) is 5.75 Å². The third-order valence-corrected chi connectivity index (χ3v) is 2.45. The summed E-state index contributed by atoms with van der Waals surface area (Å²) in [7, 11) is 1.69. The van der Waals surface area contributed by atoms with Crippen LogP contribution < -0.4 is 15.4 Å². The van der Waals surface area contributed by atoms with E-state index in [-0.39, 0.29) is 0 Å². The van der Waals surface area contributed by atoms with Gasteiger partial charge in [-0.2, -0.15) is 0 Å². The molecule has 0 spiro atoms. The quantitative estimate of drug-likeness (QED) is 0.755. The van der Waals surface area contributed by atoms with Gasteiger partial charge in [-0.15, -0.1) is 0 Å². The predicted octanol–water partition coefficient (Wildman–Crippen LogP) is 0.944. The first kappa shape index (κ1) is 9.49. The second-order valence-corrected chi connectivity index (χ2v) is 3.40. The molecule has 1 N–H and O–H groups in total.